The fourth-order valence-electron chi connectivity index (χ4n) is 7.32. The van der Waals surface area contributed by atoms with E-state index in [1.165, 1.54) is 80.7 Å². The van der Waals surface area contributed by atoms with Crippen LogP contribution in [-0.4, -0.2) is 0 Å². The zero-order valence-electron chi connectivity index (χ0n) is 26.8. The van der Waals surface area contributed by atoms with Crippen molar-refractivity contribution < 1.29 is 1.37 Å². The Balaban J connectivity index is 1.23. The number of hydrogen-bond acceptors (Lipinski definition) is 1. The fraction of sp³-hybridized carbons (Fsp3) is 0.0667. The van der Waals surface area contributed by atoms with Crippen molar-refractivity contribution in [3.05, 3.63) is 157 Å². The summed E-state index contributed by atoms with van der Waals surface area (Å²) in [6.45, 7) is 4.58. The number of rotatable bonds is 4. The van der Waals surface area contributed by atoms with Gasteiger partial charge in [0.2, 0.25) is 0 Å². The van der Waals surface area contributed by atoms with Crippen LogP contribution in [0.1, 0.15) is 26.7 Å². The number of thiophene rings is 1. The molecule has 0 nitrogen and oxygen atoms in total. The van der Waals surface area contributed by atoms with Crippen molar-refractivity contribution in [1.29, 1.82) is 0 Å². The predicted octanol–water partition coefficient (Wildman–Crippen LogP) is 13.6. The van der Waals surface area contributed by atoms with Crippen LogP contribution in [0.5, 0.6) is 0 Å². The zero-order chi connectivity index (χ0) is 31.6. The zero-order valence-corrected chi connectivity index (χ0v) is 26.7. The molecule has 9 rings (SSSR count). The van der Waals surface area contributed by atoms with Crippen LogP contribution in [0.3, 0.4) is 0 Å². The van der Waals surface area contributed by atoms with Crippen molar-refractivity contribution in [2.45, 2.75) is 19.8 Å². The molecule has 0 radical (unpaired) electrons. The highest BCUT2D eigenvalue weighted by atomic mass is 32.1. The van der Waals surface area contributed by atoms with Crippen LogP contribution in [0.15, 0.2) is 152 Å². The molecule has 0 amide bonds. The molecule has 0 atom stereocenters. The van der Waals surface area contributed by atoms with Crippen molar-refractivity contribution in [2.24, 2.45) is 0 Å². The van der Waals surface area contributed by atoms with Gasteiger partial charge in [-0.05, 0) is 95.4 Å². The molecule has 0 bridgehead atoms. The van der Waals surface area contributed by atoms with E-state index < -0.39 is 0 Å². The average Bonchev–Trinajstić information content (AvgIpc) is 3.48. The van der Waals surface area contributed by atoms with Gasteiger partial charge in [-0.1, -0.05) is 147 Å². The maximum Gasteiger partial charge on any atom is 0.0623 e. The van der Waals surface area contributed by atoms with E-state index in [4.69, 9.17) is 1.37 Å². The van der Waals surface area contributed by atoms with E-state index >= 15 is 0 Å². The molecule has 0 saturated carbocycles. The van der Waals surface area contributed by atoms with Gasteiger partial charge in [-0.2, -0.15) is 0 Å². The average molecular weight is 606 g/mol. The SMILES string of the molecule is [2H]c1ccc2cc(-c3ccc(-c4c5ccccc5c(-c5ccc6sc7c(C(C)C)cccc7c6c5)c5ccccc45)cc3)ccc2c1. The smallest absolute Gasteiger partial charge is 0.0623 e. The summed E-state index contributed by atoms with van der Waals surface area (Å²) in [5.41, 5.74) is 8.85. The third-order valence-corrected chi connectivity index (χ3v) is 10.8. The second-order valence-corrected chi connectivity index (χ2v) is 13.7. The first kappa shape index (κ1) is 26.0. The minimum absolute atomic E-state index is 0.492. The van der Waals surface area contributed by atoms with E-state index in [1.807, 2.05) is 29.5 Å². The van der Waals surface area contributed by atoms with E-state index in [-0.39, 0.29) is 0 Å². The van der Waals surface area contributed by atoms with Crippen LogP contribution in [0, 0.1) is 0 Å². The Kier molecular flexibility index (Phi) is 6.05. The van der Waals surface area contributed by atoms with Crippen molar-refractivity contribution in [1.82, 2.24) is 0 Å². The Hall–Kier alpha value is -5.24. The molecular weight excluding hydrogens is 573 g/mol. The minimum Gasteiger partial charge on any atom is -0.135 e. The summed E-state index contributed by atoms with van der Waals surface area (Å²) in [5.74, 6) is 0.492. The second kappa shape index (κ2) is 10.7. The van der Waals surface area contributed by atoms with Gasteiger partial charge in [-0.15, -0.1) is 11.3 Å². The van der Waals surface area contributed by atoms with Gasteiger partial charge in [0.1, 0.15) is 0 Å². The molecule has 0 N–H and O–H groups in total. The lowest BCUT2D eigenvalue weighted by atomic mass is 9.85. The Morgan fingerprint density at radius 1 is 0.457 bits per heavy atom. The highest BCUT2D eigenvalue weighted by Crippen LogP contribution is 2.46. The summed E-state index contributed by atoms with van der Waals surface area (Å²) in [7, 11) is 0. The Morgan fingerprint density at radius 3 is 1.76 bits per heavy atom. The standard InChI is InChI=1S/C45H32S/c1-28(2)35-16-9-17-40-41-27-34(24-25-42(41)46-45(35)40)44-38-14-7-5-12-36(38)43(37-13-6-8-15-39(37)44)31-21-18-30(19-22-31)33-23-20-29-10-3-4-11-32(29)26-33/h3-28H,1-2H3/i3D. The highest BCUT2D eigenvalue weighted by Gasteiger charge is 2.18. The second-order valence-electron chi connectivity index (χ2n) is 12.6. The molecule has 1 heterocycles. The maximum absolute atomic E-state index is 7.95. The fourth-order valence-corrected chi connectivity index (χ4v) is 8.66. The van der Waals surface area contributed by atoms with E-state index in [0.717, 1.165) is 10.8 Å². The summed E-state index contributed by atoms with van der Waals surface area (Å²) in [4.78, 5) is 0. The molecule has 1 aromatic heterocycles. The molecule has 8 aromatic carbocycles. The normalized spacial score (nSPS) is 12.2. The lowest BCUT2D eigenvalue weighted by Crippen LogP contribution is -1.91. The van der Waals surface area contributed by atoms with Crippen molar-refractivity contribution >= 4 is 63.8 Å². The van der Waals surface area contributed by atoms with E-state index in [2.05, 4.69) is 141 Å². The molecule has 0 aliphatic carbocycles. The highest BCUT2D eigenvalue weighted by molar-refractivity contribution is 7.26. The summed E-state index contributed by atoms with van der Waals surface area (Å²) < 4.78 is 10.7. The van der Waals surface area contributed by atoms with Crippen LogP contribution in [-0.2, 0) is 0 Å². The third-order valence-electron chi connectivity index (χ3n) is 9.56. The first-order valence-corrected chi connectivity index (χ1v) is 16.9. The number of fused-ring (bicyclic) bond motifs is 6. The topological polar surface area (TPSA) is 0 Å². The van der Waals surface area contributed by atoms with Crippen LogP contribution in [0.4, 0.5) is 0 Å². The van der Waals surface area contributed by atoms with Crippen molar-refractivity contribution in [3.8, 4) is 33.4 Å². The molecule has 0 spiro atoms. The molecule has 9 aromatic rings. The summed E-state index contributed by atoms with van der Waals surface area (Å²) >= 11 is 1.92. The first-order chi connectivity index (χ1) is 23.0. The van der Waals surface area contributed by atoms with E-state index in [9.17, 15) is 0 Å². The van der Waals surface area contributed by atoms with E-state index in [0.29, 0.717) is 12.0 Å². The lowest BCUT2D eigenvalue weighted by Gasteiger charge is -2.18. The number of hydrogen-bond donors (Lipinski definition) is 0. The molecular formula is C45H32S. The molecule has 0 aliphatic rings. The van der Waals surface area contributed by atoms with Gasteiger partial charge >= 0.3 is 0 Å². The molecule has 46 heavy (non-hydrogen) atoms. The van der Waals surface area contributed by atoms with E-state index in [1.54, 1.807) is 0 Å². The number of benzene rings is 8. The van der Waals surface area contributed by atoms with Gasteiger partial charge < -0.3 is 0 Å². The molecule has 218 valence electrons. The maximum atomic E-state index is 7.95. The summed E-state index contributed by atoms with van der Waals surface area (Å²) in [5, 5.41) is 10.0. The lowest BCUT2D eigenvalue weighted by molar-refractivity contribution is 0.878. The van der Waals surface area contributed by atoms with Crippen LogP contribution in [0.25, 0.3) is 85.9 Å². The van der Waals surface area contributed by atoms with Crippen LogP contribution in [0.2, 0.25) is 0 Å². The largest absolute Gasteiger partial charge is 0.135 e. The van der Waals surface area contributed by atoms with Gasteiger partial charge in [0.25, 0.3) is 0 Å². The molecule has 1 heteroatoms. The van der Waals surface area contributed by atoms with Crippen LogP contribution >= 0.6 is 11.3 Å². The monoisotopic (exact) mass is 605 g/mol. The third kappa shape index (κ3) is 4.27. The Labute approximate surface area is 274 Å². The van der Waals surface area contributed by atoms with Gasteiger partial charge in [0.15, 0.2) is 0 Å². The molecule has 0 aliphatic heterocycles. The Morgan fingerprint density at radius 2 is 1.07 bits per heavy atom. The van der Waals surface area contributed by atoms with Crippen molar-refractivity contribution in [3.63, 3.8) is 0 Å². The van der Waals surface area contributed by atoms with Gasteiger partial charge in [-0.3, -0.25) is 0 Å². The molecule has 0 unspecified atom stereocenters. The summed E-state index contributed by atoms with van der Waals surface area (Å²) in [6, 6.07) is 53.6. The minimum atomic E-state index is 0.492. The Bertz CT molecular complexity index is 2600. The predicted molar refractivity (Wildman–Crippen MR) is 202 cm³/mol. The molecule has 0 fully saturated rings. The first-order valence-electron chi connectivity index (χ1n) is 16.5. The van der Waals surface area contributed by atoms with Gasteiger partial charge in [0, 0.05) is 20.2 Å². The van der Waals surface area contributed by atoms with Gasteiger partial charge in [0.05, 0.1) is 1.37 Å². The van der Waals surface area contributed by atoms with Gasteiger partial charge in [-0.25, -0.2) is 0 Å². The van der Waals surface area contributed by atoms with Crippen LogP contribution < -0.4 is 0 Å². The molecule has 0 saturated heterocycles. The summed E-state index contributed by atoms with van der Waals surface area (Å²) in [6.07, 6.45) is 0. The van der Waals surface area contributed by atoms with Crippen molar-refractivity contribution in [2.75, 3.05) is 0 Å². The quantitative estimate of drug-likeness (QED) is 0.175.